The van der Waals surface area contributed by atoms with Crippen molar-refractivity contribution in [1.82, 2.24) is 0 Å². The zero-order valence-electron chi connectivity index (χ0n) is 32.7. The van der Waals surface area contributed by atoms with Crippen molar-refractivity contribution in [1.29, 1.82) is 0 Å². The van der Waals surface area contributed by atoms with E-state index in [0.717, 1.165) is 32.1 Å². The maximum Gasteiger partial charge on any atom is 0.472 e. The highest BCUT2D eigenvalue weighted by Crippen LogP contribution is 2.43. The monoisotopic (exact) mass is 734 g/mol. The second-order valence-corrected chi connectivity index (χ2v) is 15.7. The average Bonchev–Trinajstić information content (AvgIpc) is 3.10. The molecule has 0 saturated carbocycles. The Morgan fingerprint density at radius 2 is 0.860 bits per heavy atom. The summed E-state index contributed by atoms with van der Waals surface area (Å²) < 4.78 is 32.7. The first kappa shape index (κ1) is 49.0. The van der Waals surface area contributed by atoms with Crippen LogP contribution in [0.25, 0.3) is 0 Å². The van der Waals surface area contributed by atoms with Gasteiger partial charge in [-0.2, -0.15) is 0 Å². The second-order valence-electron chi connectivity index (χ2n) is 14.2. The van der Waals surface area contributed by atoms with Crippen LogP contribution in [0.15, 0.2) is 0 Å². The molecule has 0 saturated heterocycles. The van der Waals surface area contributed by atoms with Crippen LogP contribution in [0.3, 0.4) is 0 Å². The molecule has 298 valence electrons. The van der Waals surface area contributed by atoms with Gasteiger partial charge in [0.15, 0.2) is 6.10 Å². The van der Waals surface area contributed by atoms with Crippen molar-refractivity contribution in [2.75, 3.05) is 26.4 Å². The minimum atomic E-state index is -4.36. The van der Waals surface area contributed by atoms with Gasteiger partial charge in [0.25, 0.3) is 0 Å². The van der Waals surface area contributed by atoms with Gasteiger partial charge in [0.05, 0.1) is 13.2 Å². The van der Waals surface area contributed by atoms with Crippen LogP contribution >= 0.6 is 7.82 Å². The van der Waals surface area contributed by atoms with Gasteiger partial charge in [-0.25, -0.2) is 4.57 Å². The third kappa shape index (κ3) is 36.8. The number of unbranched alkanes of at least 4 members (excludes halogenated alkanes) is 27. The number of ether oxygens (including phenoxy) is 2. The van der Waals surface area contributed by atoms with Crippen molar-refractivity contribution < 1.29 is 37.6 Å². The second kappa shape index (κ2) is 37.8. The third-order valence-corrected chi connectivity index (χ3v) is 10.2. The molecule has 50 heavy (non-hydrogen) atoms. The van der Waals surface area contributed by atoms with Crippen LogP contribution in [-0.4, -0.2) is 49.3 Å². The Bertz CT molecular complexity index is 799. The quantitative estimate of drug-likeness (QED) is 0.0358. The summed E-state index contributed by atoms with van der Waals surface area (Å²) in [5.74, 6) is -0.814. The van der Waals surface area contributed by atoms with Gasteiger partial charge in [-0.3, -0.25) is 18.6 Å². The van der Waals surface area contributed by atoms with Gasteiger partial charge in [-0.1, -0.05) is 187 Å². The van der Waals surface area contributed by atoms with E-state index in [2.05, 4.69) is 13.8 Å². The fourth-order valence-corrected chi connectivity index (χ4v) is 6.87. The number of esters is 2. The molecule has 0 fully saturated rings. The Hall–Kier alpha value is -0.990. The van der Waals surface area contributed by atoms with Gasteiger partial charge in [-0.15, -0.1) is 0 Å². The maximum atomic E-state index is 12.6. The first-order valence-electron chi connectivity index (χ1n) is 21.0. The normalized spacial score (nSPS) is 13.3. The van der Waals surface area contributed by atoms with Crippen LogP contribution in [0.5, 0.6) is 0 Å². The van der Waals surface area contributed by atoms with Crippen molar-refractivity contribution in [3.8, 4) is 0 Å². The van der Waals surface area contributed by atoms with E-state index >= 15 is 0 Å². The van der Waals surface area contributed by atoms with E-state index in [9.17, 15) is 19.0 Å². The summed E-state index contributed by atoms with van der Waals surface area (Å²) in [5, 5.41) is 0. The van der Waals surface area contributed by atoms with Crippen molar-refractivity contribution >= 4 is 19.8 Å². The molecule has 9 nitrogen and oxygen atoms in total. The summed E-state index contributed by atoms with van der Waals surface area (Å²) in [6.45, 7) is 3.76. The van der Waals surface area contributed by atoms with E-state index < -0.39 is 26.5 Å². The Kier molecular flexibility index (Phi) is 37.0. The van der Waals surface area contributed by atoms with Crippen LogP contribution in [-0.2, 0) is 32.7 Å². The lowest BCUT2D eigenvalue weighted by molar-refractivity contribution is -0.161. The number of rotatable bonds is 40. The zero-order valence-corrected chi connectivity index (χ0v) is 33.6. The van der Waals surface area contributed by atoms with Gasteiger partial charge in [0, 0.05) is 19.4 Å². The lowest BCUT2D eigenvalue weighted by atomic mass is 10.0. The van der Waals surface area contributed by atoms with Gasteiger partial charge in [-0.05, 0) is 12.8 Å². The largest absolute Gasteiger partial charge is 0.472 e. The molecule has 0 bridgehead atoms. The molecule has 0 aromatic heterocycles. The smallest absolute Gasteiger partial charge is 0.462 e. The van der Waals surface area contributed by atoms with Crippen molar-refractivity contribution in [3.05, 3.63) is 0 Å². The predicted octanol–water partition coefficient (Wildman–Crippen LogP) is 11.7. The highest BCUT2D eigenvalue weighted by Gasteiger charge is 2.26. The molecule has 0 rings (SSSR count). The number of phosphoric acid groups is 1. The molecule has 0 aliphatic heterocycles. The lowest BCUT2D eigenvalue weighted by Gasteiger charge is -2.19. The summed E-state index contributed by atoms with van der Waals surface area (Å²) in [5.41, 5.74) is 5.34. The van der Waals surface area contributed by atoms with Crippen molar-refractivity contribution in [2.24, 2.45) is 5.73 Å². The first-order valence-corrected chi connectivity index (χ1v) is 22.5. The number of hydrogen-bond donors (Lipinski definition) is 2. The van der Waals surface area contributed by atoms with Crippen molar-refractivity contribution in [3.63, 3.8) is 0 Å². The SMILES string of the molecule is CCCCCCCCCCCCCCCCCCC(=O)OC(COC(=O)CCCCCCCCCCCCCCC)COP(=O)(O)OCCN. The van der Waals surface area contributed by atoms with Crippen LogP contribution in [0.4, 0.5) is 0 Å². The highest BCUT2D eigenvalue weighted by atomic mass is 31.2. The topological polar surface area (TPSA) is 134 Å². The Labute approximate surface area is 307 Å². The van der Waals surface area contributed by atoms with Crippen LogP contribution in [0.2, 0.25) is 0 Å². The first-order chi connectivity index (χ1) is 24.3. The molecular weight excluding hydrogens is 653 g/mol. The summed E-state index contributed by atoms with van der Waals surface area (Å²) in [7, 11) is -4.36. The summed E-state index contributed by atoms with van der Waals surface area (Å²) in [6, 6.07) is 0. The van der Waals surface area contributed by atoms with Gasteiger partial charge in [0.2, 0.25) is 0 Å². The lowest BCUT2D eigenvalue weighted by Crippen LogP contribution is -2.29. The molecule has 0 radical (unpaired) electrons. The standard InChI is InChI=1S/C40H80NO8P/c1-3-5-7-9-11-13-15-17-18-19-21-23-25-27-29-31-33-40(43)49-38(37-48-50(44,45)47-35-34-41)36-46-39(42)32-30-28-26-24-22-20-16-14-12-10-8-6-4-2/h38H,3-37,41H2,1-2H3,(H,44,45). The Morgan fingerprint density at radius 3 is 1.22 bits per heavy atom. The van der Waals surface area contributed by atoms with E-state index in [1.165, 1.54) is 148 Å². The zero-order chi connectivity index (χ0) is 36.8. The molecule has 3 N–H and O–H groups in total. The van der Waals surface area contributed by atoms with E-state index in [1.54, 1.807) is 0 Å². The minimum absolute atomic E-state index is 0.0580. The molecule has 0 aromatic carbocycles. The predicted molar refractivity (Wildman–Crippen MR) is 206 cm³/mol. The van der Waals surface area contributed by atoms with Crippen molar-refractivity contribution in [2.45, 2.75) is 219 Å². The third-order valence-electron chi connectivity index (χ3n) is 9.24. The van der Waals surface area contributed by atoms with Crippen LogP contribution in [0, 0.1) is 0 Å². The van der Waals surface area contributed by atoms with Gasteiger partial charge < -0.3 is 20.1 Å². The minimum Gasteiger partial charge on any atom is -0.462 e. The number of nitrogens with two attached hydrogens (primary N) is 1. The highest BCUT2D eigenvalue weighted by molar-refractivity contribution is 7.47. The van der Waals surface area contributed by atoms with E-state index in [1.807, 2.05) is 0 Å². The summed E-state index contributed by atoms with van der Waals surface area (Å²) in [4.78, 5) is 34.8. The van der Waals surface area contributed by atoms with E-state index in [0.29, 0.717) is 6.42 Å². The Balaban J connectivity index is 4.12. The molecule has 10 heteroatoms. The molecule has 0 aliphatic rings. The van der Waals surface area contributed by atoms with E-state index in [-0.39, 0.29) is 38.6 Å². The molecule has 0 heterocycles. The molecule has 0 aliphatic carbocycles. The van der Waals surface area contributed by atoms with E-state index in [4.69, 9.17) is 24.3 Å². The van der Waals surface area contributed by atoms with Crippen LogP contribution in [0.1, 0.15) is 213 Å². The van der Waals surface area contributed by atoms with Gasteiger partial charge >= 0.3 is 19.8 Å². The maximum absolute atomic E-state index is 12.6. The number of carbonyl (C=O) groups excluding carboxylic acids is 2. The average molecular weight is 734 g/mol. The van der Waals surface area contributed by atoms with Crippen LogP contribution < -0.4 is 5.73 Å². The summed E-state index contributed by atoms with van der Waals surface area (Å²) >= 11 is 0. The molecule has 2 unspecified atom stereocenters. The molecule has 2 atom stereocenters. The molecular formula is C40H80NO8P. The molecule has 0 aromatic rings. The number of hydrogen-bond acceptors (Lipinski definition) is 8. The van der Waals surface area contributed by atoms with Gasteiger partial charge in [0.1, 0.15) is 6.61 Å². The molecule has 0 spiro atoms. The Morgan fingerprint density at radius 1 is 0.520 bits per heavy atom. The fourth-order valence-electron chi connectivity index (χ4n) is 6.11. The molecule has 0 amide bonds. The number of phosphoric ester groups is 1. The number of carbonyl (C=O) groups is 2. The fraction of sp³-hybridized carbons (Fsp3) is 0.950. The summed E-state index contributed by atoms with van der Waals surface area (Å²) in [6.07, 6.45) is 35.5.